The van der Waals surface area contributed by atoms with Crippen LogP contribution >= 0.6 is 0 Å². The highest BCUT2D eigenvalue weighted by Gasteiger charge is 2.19. The molecular formula is C45H80O6. The second-order valence-electron chi connectivity index (χ2n) is 14.2. The third-order valence-corrected chi connectivity index (χ3v) is 9.09. The molecule has 0 heterocycles. The lowest BCUT2D eigenvalue weighted by Gasteiger charge is -2.18. The molecule has 0 aromatic heterocycles. The molecule has 0 rings (SSSR count). The molecule has 0 saturated heterocycles. The number of unbranched alkanes of at least 4 members (excludes halogenated alkanes) is 21. The number of esters is 3. The van der Waals surface area contributed by atoms with Crippen LogP contribution < -0.4 is 0 Å². The molecule has 0 aromatic rings. The van der Waals surface area contributed by atoms with E-state index in [1.165, 1.54) is 64.2 Å². The fourth-order valence-electron chi connectivity index (χ4n) is 5.75. The quantitative estimate of drug-likeness (QED) is 0.0274. The Balaban J connectivity index is 4.41. The molecule has 1 unspecified atom stereocenters. The highest BCUT2D eigenvalue weighted by atomic mass is 16.6. The van der Waals surface area contributed by atoms with Crippen LogP contribution in [0.15, 0.2) is 36.5 Å². The fourth-order valence-corrected chi connectivity index (χ4v) is 5.75. The Hall–Kier alpha value is -2.37. The maximum Gasteiger partial charge on any atom is 0.306 e. The molecule has 0 radical (unpaired) electrons. The van der Waals surface area contributed by atoms with Crippen molar-refractivity contribution in [3.63, 3.8) is 0 Å². The van der Waals surface area contributed by atoms with E-state index >= 15 is 0 Å². The minimum absolute atomic E-state index is 0.0875. The predicted molar refractivity (Wildman–Crippen MR) is 215 cm³/mol. The molecule has 0 aromatic carbocycles. The molecule has 0 aliphatic rings. The van der Waals surface area contributed by atoms with Crippen molar-refractivity contribution in [3.05, 3.63) is 36.5 Å². The number of allylic oxidation sites excluding steroid dienone is 6. The lowest BCUT2D eigenvalue weighted by Crippen LogP contribution is -2.30. The van der Waals surface area contributed by atoms with Crippen molar-refractivity contribution in [2.45, 2.75) is 219 Å². The maximum absolute atomic E-state index is 12.6. The highest BCUT2D eigenvalue weighted by molar-refractivity contribution is 5.71. The molecule has 0 spiro atoms. The Morgan fingerprint density at radius 3 is 1.06 bits per heavy atom. The molecule has 0 aliphatic heterocycles. The zero-order chi connectivity index (χ0) is 37.3. The van der Waals surface area contributed by atoms with E-state index in [2.05, 4.69) is 57.2 Å². The summed E-state index contributed by atoms with van der Waals surface area (Å²) in [7, 11) is 0. The van der Waals surface area contributed by atoms with Gasteiger partial charge in [0.05, 0.1) is 0 Å². The molecule has 0 amide bonds. The molecule has 51 heavy (non-hydrogen) atoms. The standard InChI is InChI=1S/C45H80O6/c1-4-7-10-13-16-19-22-23-24-27-29-32-35-38-44(47)50-41-42(51-45(48)39-36-33-30-26-21-18-15-12-9-6-3)40-49-43(46)37-34-31-28-25-20-17-14-11-8-5-2/h14-15,17-18,23-24,42H,4-13,16,19-22,25-41H2,1-3H3/b17-14-,18-15-,24-23-. The SMILES string of the molecule is CCCC/C=C\CCCCCCC(=O)OCC(COC(=O)CCCCC/C=C\CCCCCCCC)OC(=O)CCCCCC/C=C\CCCC. The van der Waals surface area contributed by atoms with Crippen LogP contribution in [0.2, 0.25) is 0 Å². The van der Waals surface area contributed by atoms with E-state index < -0.39 is 6.10 Å². The van der Waals surface area contributed by atoms with Gasteiger partial charge in [-0.25, -0.2) is 0 Å². The van der Waals surface area contributed by atoms with Gasteiger partial charge in [0.1, 0.15) is 13.2 Å². The van der Waals surface area contributed by atoms with Crippen molar-refractivity contribution < 1.29 is 28.6 Å². The maximum atomic E-state index is 12.6. The minimum atomic E-state index is -0.782. The first-order valence-electron chi connectivity index (χ1n) is 21.5. The summed E-state index contributed by atoms with van der Waals surface area (Å²) in [5, 5.41) is 0. The van der Waals surface area contributed by atoms with Gasteiger partial charge in [-0.15, -0.1) is 0 Å². The lowest BCUT2D eigenvalue weighted by molar-refractivity contribution is -0.167. The van der Waals surface area contributed by atoms with Gasteiger partial charge in [0.25, 0.3) is 0 Å². The molecule has 296 valence electrons. The van der Waals surface area contributed by atoms with E-state index in [1.807, 2.05) is 0 Å². The molecule has 0 saturated carbocycles. The van der Waals surface area contributed by atoms with Crippen molar-refractivity contribution >= 4 is 17.9 Å². The van der Waals surface area contributed by atoms with Gasteiger partial charge in [-0.3, -0.25) is 14.4 Å². The van der Waals surface area contributed by atoms with E-state index in [0.717, 1.165) is 109 Å². The van der Waals surface area contributed by atoms with Gasteiger partial charge in [0.15, 0.2) is 6.10 Å². The third-order valence-electron chi connectivity index (χ3n) is 9.09. The van der Waals surface area contributed by atoms with Gasteiger partial charge in [-0.1, -0.05) is 147 Å². The van der Waals surface area contributed by atoms with Gasteiger partial charge >= 0.3 is 17.9 Å². The topological polar surface area (TPSA) is 78.9 Å². The van der Waals surface area contributed by atoms with Crippen molar-refractivity contribution in [2.75, 3.05) is 13.2 Å². The molecule has 0 aliphatic carbocycles. The first-order valence-corrected chi connectivity index (χ1v) is 21.5. The summed E-state index contributed by atoms with van der Waals surface area (Å²) in [5.41, 5.74) is 0. The largest absolute Gasteiger partial charge is 0.462 e. The van der Waals surface area contributed by atoms with Crippen LogP contribution in [-0.2, 0) is 28.6 Å². The van der Waals surface area contributed by atoms with Crippen LogP contribution in [-0.4, -0.2) is 37.2 Å². The number of carbonyl (C=O) groups excluding carboxylic acids is 3. The zero-order valence-corrected chi connectivity index (χ0v) is 33.6. The smallest absolute Gasteiger partial charge is 0.306 e. The average molecular weight is 717 g/mol. The first kappa shape index (κ1) is 48.6. The second-order valence-corrected chi connectivity index (χ2v) is 14.2. The van der Waals surface area contributed by atoms with E-state index in [1.54, 1.807) is 0 Å². The average Bonchev–Trinajstić information content (AvgIpc) is 3.12. The summed E-state index contributed by atoms with van der Waals surface area (Å²) in [6.45, 7) is 6.49. The predicted octanol–water partition coefficient (Wildman–Crippen LogP) is 13.4. The summed E-state index contributed by atoms with van der Waals surface area (Å²) < 4.78 is 16.6. The second kappa shape index (κ2) is 40.4. The number of carbonyl (C=O) groups is 3. The van der Waals surface area contributed by atoms with Crippen molar-refractivity contribution in [3.8, 4) is 0 Å². The van der Waals surface area contributed by atoms with Crippen LogP contribution in [0, 0.1) is 0 Å². The van der Waals surface area contributed by atoms with Gasteiger partial charge in [-0.2, -0.15) is 0 Å². The van der Waals surface area contributed by atoms with Crippen LogP contribution in [0.5, 0.6) is 0 Å². The number of hydrogen-bond donors (Lipinski definition) is 0. The summed E-state index contributed by atoms with van der Waals surface area (Å²) in [4.78, 5) is 37.5. The van der Waals surface area contributed by atoms with Gasteiger partial charge in [0, 0.05) is 19.3 Å². The van der Waals surface area contributed by atoms with E-state index in [-0.39, 0.29) is 31.1 Å². The van der Waals surface area contributed by atoms with Crippen LogP contribution in [0.4, 0.5) is 0 Å². The van der Waals surface area contributed by atoms with Gasteiger partial charge in [-0.05, 0) is 83.5 Å². The summed E-state index contributed by atoms with van der Waals surface area (Å²) >= 11 is 0. The van der Waals surface area contributed by atoms with Crippen molar-refractivity contribution in [2.24, 2.45) is 0 Å². The van der Waals surface area contributed by atoms with Crippen LogP contribution in [0.25, 0.3) is 0 Å². The van der Waals surface area contributed by atoms with Crippen molar-refractivity contribution in [1.82, 2.24) is 0 Å². The summed E-state index contributed by atoms with van der Waals surface area (Å²) in [6, 6.07) is 0. The number of ether oxygens (including phenoxy) is 3. The first-order chi connectivity index (χ1) is 25.0. The Kier molecular flexibility index (Phi) is 38.5. The Bertz CT molecular complexity index is 876. The molecule has 1 atom stereocenters. The number of hydrogen-bond acceptors (Lipinski definition) is 6. The highest BCUT2D eigenvalue weighted by Crippen LogP contribution is 2.12. The fraction of sp³-hybridized carbons (Fsp3) is 0.800. The monoisotopic (exact) mass is 717 g/mol. The van der Waals surface area contributed by atoms with Crippen LogP contribution in [0.1, 0.15) is 213 Å². The van der Waals surface area contributed by atoms with Crippen LogP contribution in [0.3, 0.4) is 0 Å². The molecular weight excluding hydrogens is 636 g/mol. The zero-order valence-electron chi connectivity index (χ0n) is 33.6. The number of rotatable bonds is 38. The summed E-state index contributed by atoms with van der Waals surface area (Å²) in [5.74, 6) is -0.934. The van der Waals surface area contributed by atoms with Gasteiger partial charge in [0.2, 0.25) is 0 Å². The summed E-state index contributed by atoms with van der Waals surface area (Å²) in [6.07, 6.45) is 44.1. The third kappa shape index (κ3) is 38.7. The lowest BCUT2D eigenvalue weighted by atomic mass is 10.1. The minimum Gasteiger partial charge on any atom is -0.462 e. The Labute approximate surface area is 315 Å². The van der Waals surface area contributed by atoms with E-state index in [9.17, 15) is 14.4 Å². The molecule has 6 nitrogen and oxygen atoms in total. The van der Waals surface area contributed by atoms with Gasteiger partial charge < -0.3 is 14.2 Å². The van der Waals surface area contributed by atoms with E-state index in [0.29, 0.717) is 19.3 Å². The Morgan fingerprint density at radius 1 is 0.373 bits per heavy atom. The Morgan fingerprint density at radius 2 is 0.667 bits per heavy atom. The van der Waals surface area contributed by atoms with E-state index in [4.69, 9.17) is 14.2 Å². The molecule has 6 heteroatoms. The molecule has 0 N–H and O–H groups in total. The van der Waals surface area contributed by atoms with Crippen molar-refractivity contribution in [1.29, 1.82) is 0 Å². The molecule has 0 bridgehead atoms. The normalized spacial score (nSPS) is 12.3. The molecule has 0 fully saturated rings.